The third-order valence-electron chi connectivity index (χ3n) is 3.69. The van der Waals surface area contributed by atoms with Crippen LogP contribution >= 0.6 is 15.9 Å². The van der Waals surface area contributed by atoms with Crippen LogP contribution in [0.15, 0.2) is 82.4 Å². The highest BCUT2D eigenvalue weighted by atomic mass is 79.9. The van der Waals surface area contributed by atoms with Crippen molar-refractivity contribution in [1.82, 2.24) is 5.43 Å². The second-order valence-electron chi connectivity index (χ2n) is 5.64. The summed E-state index contributed by atoms with van der Waals surface area (Å²) in [6.07, 6.45) is 1.48. The summed E-state index contributed by atoms with van der Waals surface area (Å²) in [5.74, 6) is -0.495. The Morgan fingerprint density at radius 3 is 2.56 bits per heavy atom. The average molecular weight is 427 g/mol. The number of hydrazone groups is 1. The van der Waals surface area contributed by atoms with E-state index in [0.29, 0.717) is 12.4 Å². The van der Waals surface area contributed by atoms with Crippen LogP contribution in [0.1, 0.15) is 21.5 Å². The molecule has 0 aromatic heterocycles. The Bertz CT molecular complexity index is 961. The first-order chi connectivity index (χ1) is 13.1. The summed E-state index contributed by atoms with van der Waals surface area (Å²) < 4.78 is 20.1. The molecule has 136 valence electrons. The molecule has 3 aromatic rings. The van der Waals surface area contributed by atoms with Gasteiger partial charge in [-0.1, -0.05) is 42.5 Å². The summed E-state index contributed by atoms with van der Waals surface area (Å²) in [6, 6.07) is 21.0. The molecule has 0 aliphatic rings. The first kappa shape index (κ1) is 18.8. The van der Waals surface area contributed by atoms with E-state index >= 15 is 0 Å². The zero-order valence-electron chi connectivity index (χ0n) is 14.2. The number of rotatable bonds is 6. The lowest BCUT2D eigenvalue weighted by Crippen LogP contribution is -2.18. The molecule has 0 bridgehead atoms. The SMILES string of the molecule is O=C(N/N=C\c1ccc(OCc2ccccc2)c(Br)c1)c1ccccc1F. The van der Waals surface area contributed by atoms with Gasteiger partial charge in [-0.25, -0.2) is 9.82 Å². The van der Waals surface area contributed by atoms with Gasteiger partial charge >= 0.3 is 0 Å². The van der Waals surface area contributed by atoms with E-state index in [1.54, 1.807) is 6.07 Å². The third-order valence-corrected chi connectivity index (χ3v) is 4.31. The van der Waals surface area contributed by atoms with Crippen LogP contribution in [-0.4, -0.2) is 12.1 Å². The van der Waals surface area contributed by atoms with Crippen molar-refractivity contribution in [2.45, 2.75) is 6.61 Å². The first-order valence-corrected chi connectivity index (χ1v) is 8.97. The Kier molecular flexibility index (Phi) is 6.33. The Hall–Kier alpha value is -2.99. The number of hydrogen-bond donors (Lipinski definition) is 1. The van der Waals surface area contributed by atoms with Crippen LogP contribution in [0.25, 0.3) is 0 Å². The van der Waals surface area contributed by atoms with Gasteiger partial charge in [0.2, 0.25) is 0 Å². The maximum absolute atomic E-state index is 13.6. The minimum Gasteiger partial charge on any atom is -0.488 e. The van der Waals surface area contributed by atoms with Crippen molar-refractivity contribution >= 4 is 28.1 Å². The van der Waals surface area contributed by atoms with Crippen molar-refractivity contribution in [2.24, 2.45) is 5.10 Å². The van der Waals surface area contributed by atoms with Crippen LogP contribution < -0.4 is 10.2 Å². The molecular weight excluding hydrogens is 411 g/mol. The fourth-order valence-electron chi connectivity index (χ4n) is 2.32. The summed E-state index contributed by atoms with van der Waals surface area (Å²) in [5, 5.41) is 3.87. The maximum Gasteiger partial charge on any atom is 0.274 e. The number of carbonyl (C=O) groups excluding carboxylic acids is 1. The molecule has 27 heavy (non-hydrogen) atoms. The lowest BCUT2D eigenvalue weighted by atomic mass is 10.2. The van der Waals surface area contributed by atoms with Gasteiger partial charge in [0.05, 0.1) is 16.3 Å². The predicted octanol–water partition coefficient (Wildman–Crippen LogP) is 4.93. The highest BCUT2D eigenvalue weighted by molar-refractivity contribution is 9.10. The highest BCUT2D eigenvalue weighted by Gasteiger charge is 2.09. The molecule has 0 saturated heterocycles. The van der Waals surface area contributed by atoms with Gasteiger partial charge in [-0.15, -0.1) is 0 Å². The van der Waals surface area contributed by atoms with Gasteiger partial charge in [0.25, 0.3) is 5.91 Å². The molecule has 0 aliphatic heterocycles. The van der Waals surface area contributed by atoms with Crippen molar-refractivity contribution in [2.75, 3.05) is 0 Å². The van der Waals surface area contributed by atoms with Crippen LogP contribution in [0.4, 0.5) is 4.39 Å². The van der Waals surface area contributed by atoms with Crippen LogP contribution in [0, 0.1) is 5.82 Å². The number of nitrogens with one attached hydrogen (secondary N) is 1. The van der Waals surface area contributed by atoms with E-state index < -0.39 is 11.7 Å². The summed E-state index contributed by atoms with van der Waals surface area (Å²) in [5.41, 5.74) is 4.09. The van der Waals surface area contributed by atoms with Crippen molar-refractivity contribution in [3.05, 3.63) is 99.8 Å². The summed E-state index contributed by atoms with van der Waals surface area (Å²) in [7, 11) is 0. The van der Waals surface area contributed by atoms with Crippen LogP contribution in [0.5, 0.6) is 5.75 Å². The second-order valence-corrected chi connectivity index (χ2v) is 6.50. The van der Waals surface area contributed by atoms with Crippen LogP contribution in [-0.2, 0) is 6.61 Å². The Morgan fingerprint density at radius 1 is 1.07 bits per heavy atom. The van der Waals surface area contributed by atoms with Gasteiger partial charge in [-0.2, -0.15) is 5.10 Å². The monoisotopic (exact) mass is 426 g/mol. The molecule has 0 unspecified atom stereocenters. The second kappa shape index (κ2) is 9.09. The largest absolute Gasteiger partial charge is 0.488 e. The predicted molar refractivity (Wildman–Crippen MR) is 106 cm³/mol. The van der Waals surface area contributed by atoms with Crippen molar-refractivity contribution < 1.29 is 13.9 Å². The summed E-state index contributed by atoms with van der Waals surface area (Å²) in [4.78, 5) is 11.9. The topological polar surface area (TPSA) is 50.7 Å². The van der Waals surface area contributed by atoms with E-state index in [0.717, 1.165) is 15.6 Å². The first-order valence-electron chi connectivity index (χ1n) is 8.17. The van der Waals surface area contributed by atoms with Gasteiger partial charge in [0.15, 0.2) is 0 Å². The fourth-order valence-corrected chi connectivity index (χ4v) is 2.83. The number of hydrogen-bond acceptors (Lipinski definition) is 3. The molecule has 0 fully saturated rings. The smallest absolute Gasteiger partial charge is 0.274 e. The van der Waals surface area contributed by atoms with E-state index in [1.165, 1.54) is 24.4 Å². The van der Waals surface area contributed by atoms with E-state index in [-0.39, 0.29) is 5.56 Å². The summed E-state index contributed by atoms with van der Waals surface area (Å²) in [6.45, 7) is 0.464. The lowest BCUT2D eigenvalue weighted by Gasteiger charge is -2.08. The minimum atomic E-state index is -0.605. The molecule has 0 radical (unpaired) electrons. The Balaban J connectivity index is 1.59. The fraction of sp³-hybridized carbons (Fsp3) is 0.0476. The molecule has 1 amide bonds. The number of amides is 1. The molecule has 0 aliphatic carbocycles. The molecule has 3 rings (SSSR count). The number of carbonyl (C=O) groups is 1. The maximum atomic E-state index is 13.6. The Morgan fingerprint density at radius 2 is 1.81 bits per heavy atom. The van der Waals surface area contributed by atoms with E-state index in [2.05, 4.69) is 26.5 Å². The minimum absolute atomic E-state index is 0.0551. The van der Waals surface area contributed by atoms with Crippen LogP contribution in [0.3, 0.4) is 0 Å². The van der Waals surface area contributed by atoms with E-state index in [1.807, 2.05) is 48.5 Å². The van der Waals surface area contributed by atoms with Crippen molar-refractivity contribution in [1.29, 1.82) is 0 Å². The zero-order valence-corrected chi connectivity index (χ0v) is 15.8. The van der Waals surface area contributed by atoms with Gasteiger partial charge in [-0.05, 0) is 57.4 Å². The van der Waals surface area contributed by atoms with Gasteiger partial charge in [0.1, 0.15) is 18.2 Å². The third kappa shape index (κ3) is 5.24. The van der Waals surface area contributed by atoms with Crippen molar-refractivity contribution in [3.63, 3.8) is 0 Å². The number of halogens is 2. The van der Waals surface area contributed by atoms with E-state index in [4.69, 9.17) is 4.74 Å². The molecule has 0 atom stereocenters. The molecule has 1 N–H and O–H groups in total. The molecule has 0 heterocycles. The standard InChI is InChI=1S/C21H16BrFN2O2/c22-18-12-16(10-11-20(18)27-14-15-6-2-1-3-7-15)13-24-25-21(26)17-8-4-5-9-19(17)23/h1-13H,14H2,(H,25,26)/b24-13-. The zero-order chi connectivity index (χ0) is 19.1. The molecule has 3 aromatic carbocycles. The highest BCUT2D eigenvalue weighted by Crippen LogP contribution is 2.26. The van der Waals surface area contributed by atoms with Gasteiger partial charge in [0, 0.05) is 0 Å². The molecular formula is C21H16BrFN2O2. The van der Waals surface area contributed by atoms with Gasteiger partial charge < -0.3 is 4.74 Å². The van der Waals surface area contributed by atoms with Crippen LogP contribution in [0.2, 0.25) is 0 Å². The number of ether oxygens (including phenoxy) is 1. The van der Waals surface area contributed by atoms with E-state index in [9.17, 15) is 9.18 Å². The number of nitrogens with zero attached hydrogens (tertiary/aromatic N) is 1. The molecule has 0 spiro atoms. The molecule has 0 saturated carbocycles. The Labute approximate surface area is 164 Å². The van der Waals surface area contributed by atoms with Gasteiger partial charge in [-0.3, -0.25) is 4.79 Å². The number of benzene rings is 3. The summed E-state index contributed by atoms with van der Waals surface area (Å²) >= 11 is 3.46. The molecule has 6 heteroatoms. The quantitative estimate of drug-likeness (QED) is 0.448. The van der Waals surface area contributed by atoms with Crippen molar-refractivity contribution in [3.8, 4) is 5.75 Å². The molecule has 4 nitrogen and oxygen atoms in total. The average Bonchev–Trinajstić information content (AvgIpc) is 2.68. The normalized spacial score (nSPS) is 10.7. The lowest BCUT2D eigenvalue weighted by molar-refractivity contribution is 0.0951.